The summed E-state index contributed by atoms with van der Waals surface area (Å²) in [4.78, 5) is 12.8. The maximum Gasteiger partial charge on any atom is 0.227 e. The van der Waals surface area contributed by atoms with Gasteiger partial charge in [-0.05, 0) is 31.5 Å². The van der Waals surface area contributed by atoms with Gasteiger partial charge in [-0.3, -0.25) is 0 Å². The lowest BCUT2D eigenvalue weighted by Crippen LogP contribution is -2.53. The van der Waals surface area contributed by atoms with Gasteiger partial charge in [0.15, 0.2) is 5.67 Å². The second kappa shape index (κ2) is 11.4. The number of aliphatic hydroxyl groups excluding tert-OH is 1. The second-order valence-electron chi connectivity index (χ2n) is 11.5. The van der Waals surface area contributed by atoms with Crippen molar-refractivity contribution >= 4 is 27.9 Å². The van der Waals surface area contributed by atoms with Crippen molar-refractivity contribution in [3.8, 4) is 0 Å². The van der Waals surface area contributed by atoms with E-state index in [2.05, 4.69) is 44.3 Å². The summed E-state index contributed by atoms with van der Waals surface area (Å²) in [6, 6.07) is 4.02. The molecule has 1 aliphatic rings. The zero-order valence-electron chi connectivity index (χ0n) is 21.0. The minimum absolute atomic E-state index is 0.0665. The molecule has 1 aromatic heterocycles. The zero-order valence-corrected chi connectivity index (χ0v) is 23.0. The topological polar surface area (TPSA) is 71.0 Å². The van der Waals surface area contributed by atoms with Crippen molar-refractivity contribution in [2.45, 2.75) is 76.5 Å². The van der Waals surface area contributed by atoms with Crippen LogP contribution in [0.5, 0.6) is 0 Å². The molecule has 2 atom stereocenters. The maximum absolute atomic E-state index is 14.7. The molecule has 32 heavy (non-hydrogen) atoms. The normalized spacial score (nSPS) is 22.3. The maximum atomic E-state index is 14.7. The largest absolute Gasteiger partial charge is 0.390 e. The summed E-state index contributed by atoms with van der Waals surface area (Å²) in [6.07, 6.45) is 1.08. The van der Waals surface area contributed by atoms with Crippen LogP contribution in [0.15, 0.2) is 12.3 Å². The first-order valence-electron chi connectivity index (χ1n) is 11.6. The highest BCUT2D eigenvalue weighted by molar-refractivity contribution is 6.76. The molecule has 0 saturated carbocycles. The van der Waals surface area contributed by atoms with Gasteiger partial charge in [0.25, 0.3) is 0 Å². The molecule has 0 bridgehead atoms. The number of rotatable bonds is 12. The van der Waals surface area contributed by atoms with E-state index in [1.165, 1.54) is 6.92 Å². The molecule has 0 unspecified atom stereocenters. The third-order valence-electron chi connectivity index (χ3n) is 5.59. The minimum atomic E-state index is -1.68. The Balaban J connectivity index is 2.06. The number of aromatic nitrogens is 2. The Labute approximate surface area is 195 Å². The van der Waals surface area contributed by atoms with Gasteiger partial charge in [0.05, 0.1) is 12.6 Å². The van der Waals surface area contributed by atoms with Crippen molar-refractivity contribution in [1.29, 1.82) is 0 Å². The molecule has 1 N–H and O–H groups in total. The average molecular weight is 487 g/mol. The number of alkyl halides is 1. The lowest BCUT2D eigenvalue weighted by atomic mass is 9.94. The lowest BCUT2D eigenvalue weighted by molar-refractivity contribution is -0.00860. The predicted octanol–water partition coefficient (Wildman–Crippen LogP) is 4.21. The van der Waals surface area contributed by atoms with Gasteiger partial charge in [-0.1, -0.05) is 39.3 Å². The van der Waals surface area contributed by atoms with Crippen molar-refractivity contribution in [2.24, 2.45) is 0 Å². The summed E-state index contributed by atoms with van der Waals surface area (Å²) in [5.74, 6) is 1.16. The lowest BCUT2D eigenvalue weighted by Gasteiger charge is -2.38. The van der Waals surface area contributed by atoms with E-state index in [9.17, 15) is 9.50 Å². The second-order valence-corrected chi connectivity index (χ2v) is 22.7. The molecule has 0 aromatic carbocycles. The Morgan fingerprint density at radius 2 is 1.69 bits per heavy atom. The molecule has 0 radical (unpaired) electrons. The fourth-order valence-corrected chi connectivity index (χ4v) is 4.76. The van der Waals surface area contributed by atoms with E-state index in [0.717, 1.165) is 12.1 Å². The molecule has 7 nitrogen and oxygen atoms in total. The molecule has 1 saturated heterocycles. The number of hydrogen-bond donors (Lipinski definition) is 1. The third-order valence-corrected chi connectivity index (χ3v) is 9.00. The van der Waals surface area contributed by atoms with Crippen LogP contribution in [-0.2, 0) is 9.47 Å². The van der Waals surface area contributed by atoms with Crippen LogP contribution in [-0.4, -0.2) is 82.8 Å². The first kappa shape index (κ1) is 27.2. The Kier molecular flexibility index (Phi) is 9.65. The first-order valence-corrected chi connectivity index (χ1v) is 19.0. The standard InChI is InChI=1S/C22H43FN4O3Si2/c1-22(23)16-26(11-9-19(22)28)21-24-10-8-20(25-21)27(17-29-12-14-31(2,3)4)18-30-13-15-32(5,6)7/h8,10,19,28H,9,11-18H2,1-7H3/t19-,22+/m1/s1. The van der Waals surface area contributed by atoms with Crippen molar-refractivity contribution in [3.63, 3.8) is 0 Å². The van der Waals surface area contributed by atoms with Gasteiger partial charge in [-0.2, -0.15) is 4.98 Å². The van der Waals surface area contributed by atoms with Crippen LogP contribution >= 0.6 is 0 Å². The molecule has 2 heterocycles. The van der Waals surface area contributed by atoms with E-state index in [4.69, 9.17) is 14.5 Å². The number of aliphatic hydroxyl groups is 1. The Morgan fingerprint density at radius 3 is 2.19 bits per heavy atom. The van der Waals surface area contributed by atoms with Crippen molar-refractivity contribution in [1.82, 2.24) is 9.97 Å². The van der Waals surface area contributed by atoms with E-state index in [1.807, 2.05) is 11.0 Å². The van der Waals surface area contributed by atoms with E-state index in [-0.39, 0.29) is 6.54 Å². The van der Waals surface area contributed by atoms with Crippen molar-refractivity contribution < 1.29 is 19.0 Å². The van der Waals surface area contributed by atoms with Crippen LogP contribution in [0.4, 0.5) is 16.2 Å². The number of nitrogens with zero attached hydrogens (tertiary/aromatic N) is 4. The van der Waals surface area contributed by atoms with Gasteiger partial charge >= 0.3 is 0 Å². The highest BCUT2D eigenvalue weighted by Gasteiger charge is 2.39. The highest BCUT2D eigenvalue weighted by Crippen LogP contribution is 2.28. The summed E-state index contributed by atoms with van der Waals surface area (Å²) >= 11 is 0. The SMILES string of the molecule is C[C@]1(F)CN(c2nccc(N(COCC[Si](C)(C)C)COCC[Si](C)(C)C)n2)CC[C@H]1O. The van der Waals surface area contributed by atoms with Crippen molar-refractivity contribution in [2.75, 3.05) is 49.6 Å². The average Bonchev–Trinajstić information content (AvgIpc) is 2.67. The number of ether oxygens (including phenoxy) is 2. The molecule has 0 amide bonds. The van der Waals surface area contributed by atoms with Gasteiger partial charge < -0.3 is 24.4 Å². The Hall–Kier alpha value is -1.08. The van der Waals surface area contributed by atoms with Gasteiger partial charge in [0.2, 0.25) is 5.95 Å². The summed E-state index contributed by atoms with van der Waals surface area (Å²) in [5, 5.41) is 9.92. The van der Waals surface area contributed by atoms with Crippen LogP contribution in [0, 0.1) is 0 Å². The van der Waals surface area contributed by atoms with E-state index in [0.29, 0.717) is 51.4 Å². The van der Waals surface area contributed by atoms with Crippen molar-refractivity contribution in [3.05, 3.63) is 12.3 Å². The monoisotopic (exact) mass is 486 g/mol. The molecule has 1 aromatic rings. The van der Waals surface area contributed by atoms with Gasteiger partial charge in [0, 0.05) is 42.1 Å². The number of anilines is 2. The van der Waals surface area contributed by atoms with Crippen LogP contribution in [0.25, 0.3) is 0 Å². The van der Waals surface area contributed by atoms with E-state index < -0.39 is 27.9 Å². The zero-order chi connectivity index (χ0) is 24.0. The summed E-state index contributed by atoms with van der Waals surface area (Å²) in [7, 11) is -2.34. The smallest absolute Gasteiger partial charge is 0.227 e. The molecule has 2 rings (SSSR count). The first-order chi connectivity index (χ1) is 14.8. The van der Waals surface area contributed by atoms with Gasteiger partial charge in [-0.15, -0.1) is 0 Å². The summed E-state index contributed by atoms with van der Waals surface area (Å²) in [6.45, 7) is 18.2. The molecule has 10 heteroatoms. The van der Waals surface area contributed by atoms with Gasteiger partial charge in [0.1, 0.15) is 19.3 Å². The Morgan fingerprint density at radius 1 is 1.12 bits per heavy atom. The van der Waals surface area contributed by atoms with E-state index in [1.54, 1.807) is 11.1 Å². The Bertz CT molecular complexity index is 691. The third kappa shape index (κ3) is 9.42. The molecule has 1 aliphatic heterocycles. The van der Waals surface area contributed by atoms with E-state index >= 15 is 0 Å². The van der Waals surface area contributed by atoms with Crippen LogP contribution in [0.2, 0.25) is 51.4 Å². The van der Waals surface area contributed by atoms with Crippen LogP contribution < -0.4 is 9.80 Å². The molecular weight excluding hydrogens is 443 g/mol. The fourth-order valence-electron chi connectivity index (χ4n) is 3.25. The molecule has 1 fully saturated rings. The number of hydrogen-bond acceptors (Lipinski definition) is 7. The van der Waals surface area contributed by atoms with Crippen LogP contribution in [0.3, 0.4) is 0 Å². The minimum Gasteiger partial charge on any atom is -0.390 e. The quantitative estimate of drug-likeness (QED) is 0.270. The molecule has 184 valence electrons. The summed E-state index contributed by atoms with van der Waals surface area (Å²) < 4.78 is 26.6. The number of piperidine rings is 1. The molecular formula is C22H43FN4O3Si2. The fraction of sp³-hybridized carbons (Fsp3) is 0.818. The molecule has 0 spiro atoms. The highest BCUT2D eigenvalue weighted by atomic mass is 28.3. The predicted molar refractivity (Wildman–Crippen MR) is 135 cm³/mol. The summed E-state index contributed by atoms with van der Waals surface area (Å²) in [5.41, 5.74) is -1.68. The van der Waals surface area contributed by atoms with Gasteiger partial charge in [-0.25, -0.2) is 9.37 Å². The molecule has 0 aliphatic carbocycles. The number of halogens is 1. The van der Waals surface area contributed by atoms with Crippen LogP contribution in [0.1, 0.15) is 13.3 Å².